The first-order chi connectivity index (χ1) is 10.8. The Labute approximate surface area is 135 Å². The maximum atomic E-state index is 12.3. The quantitative estimate of drug-likeness (QED) is 0.757. The zero-order chi connectivity index (χ0) is 16.8. The van der Waals surface area contributed by atoms with Crippen LogP contribution >= 0.6 is 11.8 Å². The lowest BCUT2D eigenvalue weighted by Gasteiger charge is -2.12. The molecule has 4 N–H and O–H groups in total. The van der Waals surface area contributed by atoms with Crippen molar-refractivity contribution in [2.75, 3.05) is 5.32 Å². The summed E-state index contributed by atoms with van der Waals surface area (Å²) in [7, 11) is -4.17. The molecule has 0 unspecified atom stereocenters. The molecule has 0 spiro atoms. The van der Waals surface area contributed by atoms with Gasteiger partial charge in [-0.2, -0.15) is 0 Å². The number of sulfonamides is 1. The summed E-state index contributed by atoms with van der Waals surface area (Å²) in [5.41, 5.74) is 0.186. The highest BCUT2D eigenvalue weighted by atomic mass is 32.2. The van der Waals surface area contributed by atoms with Gasteiger partial charge in [-0.25, -0.2) is 18.4 Å². The summed E-state index contributed by atoms with van der Waals surface area (Å²) in [6, 6.07) is 8.86. The highest BCUT2D eigenvalue weighted by Crippen LogP contribution is 2.42. The molecular weight excluding hydrogens is 340 g/mol. The predicted octanol–water partition coefficient (Wildman–Crippen LogP) is 1.75. The lowest BCUT2D eigenvalue weighted by molar-refractivity contribution is 0.0696. The van der Waals surface area contributed by atoms with Gasteiger partial charge in [0, 0.05) is 4.90 Å². The number of carboxylic acid groups (broad SMARTS) is 1. The third-order valence-corrected chi connectivity index (χ3v) is 5.48. The number of nitrogens with two attached hydrogens (primary N) is 1. The number of nitrogens with one attached hydrogen (secondary N) is 1. The van der Waals surface area contributed by atoms with Crippen molar-refractivity contribution in [3.8, 4) is 0 Å². The lowest BCUT2D eigenvalue weighted by Crippen LogP contribution is -2.16. The minimum absolute atomic E-state index is 0.0973. The third kappa shape index (κ3) is 2.81. The number of carbonyl (C=O) groups excluding carboxylic acids is 1. The summed E-state index contributed by atoms with van der Waals surface area (Å²) in [4.78, 5) is 23.9. The number of amides is 1. The van der Waals surface area contributed by atoms with Crippen LogP contribution in [0.5, 0.6) is 0 Å². The fourth-order valence-corrected chi connectivity index (χ4v) is 4.33. The largest absolute Gasteiger partial charge is 0.478 e. The molecule has 0 atom stereocenters. The van der Waals surface area contributed by atoms with Crippen molar-refractivity contribution in [2.45, 2.75) is 14.7 Å². The first kappa shape index (κ1) is 15.5. The second kappa shape index (κ2) is 5.37. The maximum Gasteiger partial charge on any atom is 0.335 e. The van der Waals surface area contributed by atoms with Crippen LogP contribution in [-0.2, 0) is 10.0 Å². The summed E-state index contributed by atoms with van der Waals surface area (Å²) < 4.78 is 23.7. The van der Waals surface area contributed by atoms with E-state index in [0.29, 0.717) is 10.5 Å². The Kier molecular flexibility index (Phi) is 3.63. The molecule has 0 aliphatic carbocycles. The van der Waals surface area contributed by atoms with Crippen molar-refractivity contribution < 1.29 is 23.1 Å². The van der Waals surface area contributed by atoms with Crippen molar-refractivity contribution in [1.29, 1.82) is 0 Å². The van der Waals surface area contributed by atoms with Gasteiger partial charge in [0.2, 0.25) is 10.0 Å². The molecular formula is C14H10N2O5S2. The van der Waals surface area contributed by atoms with Crippen LogP contribution in [0.25, 0.3) is 0 Å². The maximum absolute atomic E-state index is 12.3. The van der Waals surface area contributed by atoms with E-state index >= 15 is 0 Å². The summed E-state index contributed by atoms with van der Waals surface area (Å²) in [6.45, 7) is 0. The fraction of sp³-hybridized carbons (Fsp3) is 0. The van der Waals surface area contributed by atoms with Gasteiger partial charge in [0.25, 0.3) is 5.91 Å². The molecule has 1 heterocycles. The fourth-order valence-electron chi connectivity index (χ4n) is 2.18. The average molecular weight is 350 g/mol. The van der Waals surface area contributed by atoms with E-state index in [0.717, 1.165) is 17.8 Å². The summed E-state index contributed by atoms with van der Waals surface area (Å²) in [5.74, 6) is -1.77. The van der Waals surface area contributed by atoms with Crippen LogP contribution in [0.4, 0.5) is 5.69 Å². The van der Waals surface area contributed by atoms with Gasteiger partial charge in [0.15, 0.2) is 0 Å². The average Bonchev–Trinajstić information content (AvgIpc) is 2.61. The van der Waals surface area contributed by atoms with Crippen LogP contribution < -0.4 is 10.5 Å². The van der Waals surface area contributed by atoms with Gasteiger partial charge in [-0.15, -0.1) is 0 Å². The highest BCUT2D eigenvalue weighted by Gasteiger charge is 2.27. The van der Waals surface area contributed by atoms with E-state index < -0.39 is 21.9 Å². The Hall–Kier alpha value is -2.36. The van der Waals surface area contributed by atoms with E-state index in [-0.39, 0.29) is 21.0 Å². The van der Waals surface area contributed by atoms with E-state index in [1.165, 1.54) is 6.07 Å². The number of hydrogen-bond acceptors (Lipinski definition) is 5. The van der Waals surface area contributed by atoms with Crippen molar-refractivity contribution in [1.82, 2.24) is 0 Å². The van der Waals surface area contributed by atoms with Crippen molar-refractivity contribution in [3.63, 3.8) is 0 Å². The molecule has 0 fully saturated rings. The molecule has 7 nitrogen and oxygen atoms in total. The van der Waals surface area contributed by atoms with Crippen molar-refractivity contribution >= 4 is 39.3 Å². The minimum Gasteiger partial charge on any atom is -0.478 e. The second-order valence-electron chi connectivity index (χ2n) is 4.75. The first-order valence-electron chi connectivity index (χ1n) is 6.30. The lowest BCUT2D eigenvalue weighted by atomic mass is 10.1. The van der Waals surface area contributed by atoms with Crippen molar-refractivity contribution in [3.05, 3.63) is 47.5 Å². The van der Waals surface area contributed by atoms with Gasteiger partial charge in [0.1, 0.15) is 0 Å². The van der Waals surface area contributed by atoms with Gasteiger partial charge in [-0.3, -0.25) is 4.79 Å². The normalized spacial score (nSPS) is 13.5. The molecule has 0 bridgehead atoms. The van der Waals surface area contributed by atoms with E-state index in [1.54, 1.807) is 24.3 Å². The zero-order valence-corrected chi connectivity index (χ0v) is 13.1. The van der Waals surface area contributed by atoms with Gasteiger partial charge in [0.05, 0.1) is 26.6 Å². The van der Waals surface area contributed by atoms with E-state index in [9.17, 15) is 18.0 Å². The predicted molar refractivity (Wildman–Crippen MR) is 83.3 cm³/mol. The number of benzene rings is 2. The number of hydrogen-bond donors (Lipinski definition) is 3. The van der Waals surface area contributed by atoms with Gasteiger partial charge < -0.3 is 10.4 Å². The molecule has 1 aliphatic heterocycles. The standard InChI is InChI=1S/C14H10N2O5S2/c15-23(20,21)11-6-7(14(18)19)5-9-12(11)22-10-4-2-1-3-8(10)13(17)16-9/h1-6H,(H,16,17)(H,18,19)(H2,15,20,21). The monoisotopic (exact) mass is 350 g/mol. The molecule has 0 saturated heterocycles. The molecule has 23 heavy (non-hydrogen) atoms. The second-order valence-corrected chi connectivity index (χ2v) is 7.34. The van der Waals surface area contributed by atoms with E-state index in [2.05, 4.69) is 5.32 Å². The van der Waals surface area contributed by atoms with Crippen LogP contribution in [0.2, 0.25) is 0 Å². The van der Waals surface area contributed by atoms with Crippen LogP contribution in [-0.4, -0.2) is 25.4 Å². The van der Waals surface area contributed by atoms with Gasteiger partial charge in [-0.1, -0.05) is 23.9 Å². The number of anilines is 1. The van der Waals surface area contributed by atoms with E-state index in [4.69, 9.17) is 10.2 Å². The van der Waals surface area contributed by atoms with Crippen LogP contribution in [0, 0.1) is 0 Å². The highest BCUT2D eigenvalue weighted by molar-refractivity contribution is 8.00. The topological polar surface area (TPSA) is 127 Å². The molecule has 118 valence electrons. The SMILES string of the molecule is NS(=O)(=O)c1cc(C(=O)O)cc2c1Sc1ccccc1C(=O)N2. The van der Waals surface area contributed by atoms with E-state index in [1.807, 2.05) is 0 Å². The number of carboxylic acids is 1. The number of fused-ring (bicyclic) bond motifs is 2. The molecule has 0 aromatic heterocycles. The Morgan fingerprint density at radius 1 is 1.22 bits per heavy atom. The first-order valence-corrected chi connectivity index (χ1v) is 8.66. The molecule has 1 amide bonds. The number of aromatic carboxylic acids is 1. The molecule has 0 radical (unpaired) electrons. The Morgan fingerprint density at radius 2 is 1.91 bits per heavy atom. The Balaban J connectivity index is 2.32. The summed E-state index contributed by atoms with van der Waals surface area (Å²) in [5, 5.41) is 16.9. The summed E-state index contributed by atoms with van der Waals surface area (Å²) in [6.07, 6.45) is 0. The Bertz CT molecular complexity index is 954. The number of rotatable bonds is 2. The van der Waals surface area contributed by atoms with Gasteiger partial charge >= 0.3 is 5.97 Å². The van der Waals surface area contributed by atoms with Crippen molar-refractivity contribution in [2.24, 2.45) is 5.14 Å². The Morgan fingerprint density at radius 3 is 2.57 bits per heavy atom. The van der Waals surface area contributed by atoms with Crippen LogP contribution in [0.1, 0.15) is 20.7 Å². The smallest absolute Gasteiger partial charge is 0.335 e. The summed E-state index contributed by atoms with van der Waals surface area (Å²) >= 11 is 1.05. The number of carbonyl (C=O) groups is 2. The van der Waals surface area contributed by atoms with Crippen LogP contribution in [0.15, 0.2) is 51.1 Å². The number of primary sulfonamides is 1. The molecule has 2 aromatic rings. The zero-order valence-electron chi connectivity index (χ0n) is 11.4. The molecule has 2 aromatic carbocycles. The molecule has 1 aliphatic rings. The molecule has 0 saturated carbocycles. The van der Waals surface area contributed by atoms with Gasteiger partial charge in [-0.05, 0) is 24.3 Å². The third-order valence-electron chi connectivity index (χ3n) is 3.20. The van der Waals surface area contributed by atoms with Crippen LogP contribution in [0.3, 0.4) is 0 Å². The minimum atomic E-state index is -4.17. The molecule has 9 heteroatoms. The molecule has 3 rings (SSSR count).